The number of hydrogen-bond donors (Lipinski definition) is 10. The molecule has 0 aromatic heterocycles. The molecule has 0 radical (unpaired) electrons. The molecule has 27 nitrogen and oxygen atoms in total. The van der Waals surface area contributed by atoms with Gasteiger partial charge in [-0.3, -0.25) is 53.2 Å². The van der Waals surface area contributed by atoms with E-state index in [0.29, 0.717) is 61.9 Å². The van der Waals surface area contributed by atoms with Crippen LogP contribution in [0.15, 0.2) is 82.5 Å². The summed E-state index contributed by atoms with van der Waals surface area (Å²) in [7, 11) is 1.44. The Morgan fingerprint density at radius 1 is 0.833 bits per heavy atom. The predicted octanol–water partition coefficient (Wildman–Crippen LogP) is 2.97. The number of aliphatic hydroxyl groups excluding tert-OH is 2. The molecule has 3 aromatic carbocycles. The minimum atomic E-state index is -2.07. The first-order valence-electron chi connectivity index (χ1n) is 34.9. The van der Waals surface area contributed by atoms with Gasteiger partial charge in [-0.15, -0.1) is 0 Å². The van der Waals surface area contributed by atoms with Gasteiger partial charge in [-0.1, -0.05) is 92.2 Å². The molecule has 556 valence electrons. The zero-order chi connectivity index (χ0) is 74.2. The summed E-state index contributed by atoms with van der Waals surface area (Å²) in [5, 5.41) is 62.1. The van der Waals surface area contributed by atoms with Gasteiger partial charge in [0.25, 0.3) is 23.5 Å². The fourth-order valence-electron chi connectivity index (χ4n) is 14.4. The molecule has 5 aliphatic rings. The number of carbonyl (C=O) groups excluding carboxylic acids is 9. The summed E-state index contributed by atoms with van der Waals surface area (Å²) in [5.41, 5.74) is 5.58. The number of rotatable bonds is 22. The zero-order valence-electron chi connectivity index (χ0n) is 60.5. The molecular formula is C74H101ClN10O17. The Morgan fingerprint density at radius 3 is 2.11 bits per heavy atom. The van der Waals surface area contributed by atoms with E-state index in [2.05, 4.69) is 40.4 Å². The van der Waals surface area contributed by atoms with Crippen LogP contribution in [0.1, 0.15) is 149 Å². The molecule has 0 unspecified atom stereocenters. The van der Waals surface area contributed by atoms with Crippen LogP contribution in [0, 0.1) is 42.4 Å². The molecular weight excluding hydrogens is 1340 g/mol. The zero-order valence-corrected chi connectivity index (χ0v) is 61.3. The lowest BCUT2D eigenvalue weighted by Crippen LogP contribution is -3.00. The Labute approximate surface area is 600 Å². The van der Waals surface area contributed by atoms with Gasteiger partial charge < -0.3 is 88.6 Å². The highest BCUT2D eigenvalue weighted by atomic mass is 35.5. The number of allylic oxidation sites excluding steroid dienone is 2. The molecule has 5 aliphatic heterocycles. The minimum absolute atomic E-state index is 0. The number of imide groups is 1. The van der Waals surface area contributed by atoms with Crippen molar-refractivity contribution >= 4 is 75.4 Å². The number of phenolic OH excluding ortho intramolecular Hbond substituents is 2. The van der Waals surface area contributed by atoms with Crippen molar-refractivity contribution in [3.05, 3.63) is 100.0 Å². The maximum absolute atomic E-state index is 15.2. The van der Waals surface area contributed by atoms with E-state index in [-0.39, 0.29) is 124 Å². The van der Waals surface area contributed by atoms with Crippen molar-refractivity contribution in [1.29, 1.82) is 0 Å². The number of ether oxygens (including phenoxy) is 4. The van der Waals surface area contributed by atoms with Crippen LogP contribution in [0.2, 0.25) is 0 Å². The number of piperidine rings is 1. The quantitative estimate of drug-likeness (QED) is 0.0227. The number of primary amides is 1. The number of aliphatic hydroxyl groups is 2. The van der Waals surface area contributed by atoms with E-state index in [1.165, 1.54) is 58.4 Å². The van der Waals surface area contributed by atoms with Crippen LogP contribution < -0.4 is 60.2 Å². The molecule has 102 heavy (non-hydrogen) atoms. The summed E-state index contributed by atoms with van der Waals surface area (Å²) >= 11 is 0. The first kappa shape index (κ1) is 80.6. The van der Waals surface area contributed by atoms with E-state index in [9.17, 15) is 58.8 Å². The van der Waals surface area contributed by atoms with Crippen molar-refractivity contribution in [3.63, 3.8) is 0 Å². The number of quaternary nitrogens is 1. The number of carbonyl (C=O) groups is 9. The summed E-state index contributed by atoms with van der Waals surface area (Å²) in [6.07, 6.45) is 8.69. The number of ketones is 1. The number of aromatic hydroxyl groups is 2. The number of methoxy groups -OCH3 is 1. The molecule has 0 aliphatic carbocycles. The number of hydrogen-bond acceptors (Lipinski definition) is 19. The van der Waals surface area contributed by atoms with Crippen molar-refractivity contribution in [3.8, 4) is 17.2 Å². The number of Topliss-reactive ketones (excluding diaryl/α,β-unsaturated/α-hetero) is 1. The lowest BCUT2D eigenvalue weighted by Gasteiger charge is -2.46. The number of urea groups is 1. The van der Waals surface area contributed by atoms with Gasteiger partial charge in [0.15, 0.2) is 11.4 Å². The highest BCUT2D eigenvalue weighted by Crippen LogP contribution is 2.50. The average Bonchev–Trinajstić information content (AvgIpc) is 1.51. The number of likely N-dealkylation sites (tertiary alicyclic amines) is 1. The molecule has 8 rings (SSSR count). The Bertz CT molecular complexity index is 3920. The number of nitrogens with zero attached hydrogens (tertiary/aromatic N) is 4. The molecule has 3 aromatic rings. The predicted molar refractivity (Wildman–Crippen MR) is 375 cm³/mol. The third-order valence-corrected chi connectivity index (χ3v) is 20.1. The summed E-state index contributed by atoms with van der Waals surface area (Å²) in [4.78, 5) is 131. The summed E-state index contributed by atoms with van der Waals surface area (Å²) in [6.45, 7) is 23.2. The highest BCUT2D eigenvalue weighted by molar-refractivity contribution is 6.20. The SMILES string of the molecule is CO[C@H]1/C=C/O[C@@]2(C)Oc3c(C)c(O)c4c(O)c(c5c(c4c3C2=O)=NC2(CC[N+](Cc3ccc(NC(=O)[C@H](CCCNC(N)=O)NC(=O)[C@@H](NC(=O)CCCCCN4C(=O)C=CC4=O)C(C)C)cc3)(CC(C)C)CC2)N=5)NC(=O)C(C)=CC=C[C@H](C)[C@H](O)[C@@H](C)[C@@H](O)[C@@H](C)[C@H](OC(C)=O)[C@@H]1C.[Cl-]. The molecule has 4 bridgehead atoms. The van der Waals surface area contributed by atoms with E-state index in [4.69, 9.17) is 34.7 Å². The first-order chi connectivity index (χ1) is 47.6. The monoisotopic (exact) mass is 1440 g/mol. The molecule has 1 saturated heterocycles. The van der Waals surface area contributed by atoms with Crippen molar-refractivity contribution < 1.29 is 99.4 Å². The maximum Gasteiger partial charge on any atom is 0.312 e. The van der Waals surface area contributed by atoms with E-state index in [1.807, 2.05) is 12.1 Å². The standard InChI is InChI=1S/C74H100N10O17.ClH/c1-39(2)37-84(38-48-23-25-49(26-24-48)77-70(95)50(21-18-32-76-72(75)97)78-71(96)58(40(3)4)79-52(86)22-15-14-16-33-83-53(87)27-28-54(83)88)34-30-74(31-35-84)81-59-55-56-64(91)46(10)67-57(55)68(93)73(12,101-67)99-36-29-51(98-13)43(7)66(100-47(11)85)45(9)63(90)44(8)62(89)41(5)19-17-20-42(6)69(94)80-61(65(56)92)60(59)82-74;/h17,19-20,23-29,36,39-41,43-45,50-51,58,62-63,66,89-90H,14-16,18,21-22,30-35,37-38H2,1-13H3,(H8-,75,76,77,78,79,80,81,82,86,87,88,91,92,93,94,95,96,97);1H/b19-17?,36-29+,42-20?;/t41-,43+,44+,45+,50-,51-,58-,62-,63+,66+,73-,74?,84?;/m0./s1. The highest BCUT2D eigenvalue weighted by Gasteiger charge is 2.51. The number of phenols is 2. The summed E-state index contributed by atoms with van der Waals surface area (Å²) in [6, 6.07) is 4.55. The fourth-order valence-corrected chi connectivity index (χ4v) is 14.4. The Balaban J connectivity index is 0.0000146. The molecule has 5 heterocycles. The lowest BCUT2D eigenvalue weighted by molar-refractivity contribution is -0.948. The molecule has 28 heteroatoms. The minimum Gasteiger partial charge on any atom is -1.00 e. The van der Waals surface area contributed by atoms with Gasteiger partial charge in [-0.05, 0) is 63.7 Å². The number of anilines is 2. The lowest BCUT2D eigenvalue weighted by atomic mass is 9.78. The smallest absolute Gasteiger partial charge is 0.312 e. The third kappa shape index (κ3) is 18.3. The third-order valence-electron chi connectivity index (χ3n) is 20.1. The van der Waals surface area contributed by atoms with Crippen LogP contribution in [0.3, 0.4) is 0 Å². The summed E-state index contributed by atoms with van der Waals surface area (Å²) < 4.78 is 24.9. The van der Waals surface area contributed by atoms with Crippen LogP contribution in [-0.4, -0.2) is 171 Å². The average molecular weight is 1440 g/mol. The molecule has 0 saturated carbocycles. The van der Waals surface area contributed by atoms with E-state index >= 15 is 4.79 Å². The van der Waals surface area contributed by atoms with Gasteiger partial charge >= 0.3 is 17.8 Å². The van der Waals surface area contributed by atoms with Crippen LogP contribution in [0.25, 0.3) is 10.8 Å². The number of amides is 8. The Morgan fingerprint density at radius 2 is 1.49 bits per heavy atom. The van der Waals surface area contributed by atoms with Crippen LogP contribution in [-0.2, 0) is 54.3 Å². The number of benzene rings is 3. The van der Waals surface area contributed by atoms with Crippen LogP contribution >= 0.6 is 0 Å². The normalized spacial score (nSPS) is 26.6. The number of unbranched alkanes of at least 4 members (excludes halogenated alkanes) is 2. The molecule has 8 amide bonds. The number of esters is 1. The summed E-state index contributed by atoms with van der Waals surface area (Å²) in [5.74, 6) is -10.1. The molecule has 11 atom stereocenters. The van der Waals surface area contributed by atoms with Gasteiger partial charge in [0.05, 0.1) is 60.5 Å². The number of nitrogens with one attached hydrogen (secondary N) is 5. The van der Waals surface area contributed by atoms with Crippen molar-refractivity contribution in [2.24, 2.45) is 51.2 Å². The van der Waals surface area contributed by atoms with E-state index in [1.54, 1.807) is 72.8 Å². The number of halogens is 1. The Kier molecular flexibility index (Phi) is 26.9. The second kappa shape index (κ2) is 34.0. The van der Waals surface area contributed by atoms with Crippen molar-refractivity contribution in [1.82, 2.24) is 20.9 Å². The van der Waals surface area contributed by atoms with Gasteiger partial charge in [0, 0.05) is 123 Å². The van der Waals surface area contributed by atoms with Crippen LogP contribution in [0.5, 0.6) is 17.2 Å². The van der Waals surface area contributed by atoms with Gasteiger partial charge in [0.2, 0.25) is 17.7 Å². The Hall–Kier alpha value is -8.76. The fraction of sp³-hybridized carbons (Fsp3) is 0.554. The second-order valence-electron chi connectivity index (χ2n) is 28.7. The molecule has 11 N–H and O–H groups in total. The maximum atomic E-state index is 15.2. The van der Waals surface area contributed by atoms with E-state index < -0.39 is 119 Å². The topological polar surface area (TPSA) is 386 Å². The molecule has 1 spiro atoms. The van der Waals surface area contributed by atoms with Gasteiger partial charge in [-0.25, -0.2) is 4.79 Å². The van der Waals surface area contributed by atoms with Crippen molar-refractivity contribution in [2.45, 2.75) is 189 Å². The van der Waals surface area contributed by atoms with Crippen molar-refractivity contribution in [2.75, 3.05) is 50.5 Å². The van der Waals surface area contributed by atoms with Crippen LogP contribution in [0.4, 0.5) is 16.2 Å². The number of fused-ring (bicyclic) bond motifs is 1. The van der Waals surface area contributed by atoms with E-state index in [0.717, 1.165) is 17.0 Å². The number of nitrogens with two attached hydrogens (primary N) is 1. The second-order valence-corrected chi connectivity index (χ2v) is 28.7. The van der Waals surface area contributed by atoms with Gasteiger partial charge in [0.1, 0.15) is 47.3 Å². The molecule has 1 fully saturated rings. The van der Waals surface area contributed by atoms with Gasteiger partial charge in [-0.2, -0.15) is 0 Å². The largest absolute Gasteiger partial charge is 1.00 e. The first-order valence-corrected chi connectivity index (χ1v) is 34.9.